The van der Waals surface area contributed by atoms with Crippen LogP contribution >= 0.6 is 0 Å². The molecule has 1 atom stereocenters. The van der Waals surface area contributed by atoms with Crippen LogP contribution in [0.1, 0.15) is 79.8 Å². The zero-order valence-electron chi connectivity index (χ0n) is 18.8. The van der Waals surface area contributed by atoms with Crippen LogP contribution in [0, 0.1) is 0 Å². The highest BCUT2D eigenvalue weighted by Crippen LogP contribution is 2.36. The molecule has 2 aromatic carbocycles. The number of aromatic nitrogens is 1. The van der Waals surface area contributed by atoms with Crippen molar-refractivity contribution in [2.24, 2.45) is 0 Å². The molecule has 5 rings (SSSR count). The second kappa shape index (κ2) is 10.0. The van der Waals surface area contributed by atoms with Crippen LogP contribution in [0.4, 0.5) is 0 Å². The van der Waals surface area contributed by atoms with E-state index in [2.05, 4.69) is 64.1 Å². The maximum Gasteiger partial charge on any atom is 0.0478 e. The Bertz CT molecular complexity index is 969. The Morgan fingerprint density at radius 3 is 2.61 bits per heavy atom. The first-order valence-corrected chi connectivity index (χ1v) is 12.5. The number of rotatable bonds is 8. The third-order valence-electron chi connectivity index (χ3n) is 7.30. The summed E-state index contributed by atoms with van der Waals surface area (Å²) in [6, 6.07) is 19.0. The van der Waals surface area contributed by atoms with Gasteiger partial charge in [0.25, 0.3) is 0 Å². The number of H-pyrrole nitrogens is 1. The molecule has 1 unspecified atom stereocenters. The van der Waals surface area contributed by atoms with Crippen LogP contribution in [0.15, 0.2) is 48.5 Å². The number of benzene rings is 2. The molecule has 0 aliphatic heterocycles. The van der Waals surface area contributed by atoms with Crippen molar-refractivity contribution in [3.05, 3.63) is 70.9 Å². The average molecular weight is 416 g/mol. The van der Waals surface area contributed by atoms with Crippen molar-refractivity contribution in [2.45, 2.75) is 82.8 Å². The summed E-state index contributed by atoms with van der Waals surface area (Å²) in [5, 5.41) is 9.11. The molecular formula is C28H37N3. The van der Waals surface area contributed by atoms with Gasteiger partial charge in [-0.05, 0) is 80.3 Å². The van der Waals surface area contributed by atoms with Gasteiger partial charge in [-0.3, -0.25) is 0 Å². The smallest absolute Gasteiger partial charge is 0.0478 e. The highest BCUT2D eigenvalue weighted by Gasteiger charge is 2.26. The van der Waals surface area contributed by atoms with Gasteiger partial charge in [0.15, 0.2) is 0 Å². The maximum atomic E-state index is 4.01. The van der Waals surface area contributed by atoms with Gasteiger partial charge in [0, 0.05) is 35.2 Å². The summed E-state index contributed by atoms with van der Waals surface area (Å²) in [6.45, 7) is 2.01. The van der Waals surface area contributed by atoms with Gasteiger partial charge < -0.3 is 15.6 Å². The molecule has 3 aromatic rings. The zero-order valence-corrected chi connectivity index (χ0v) is 18.8. The predicted octanol–water partition coefficient (Wildman–Crippen LogP) is 6.19. The molecule has 1 saturated carbocycles. The van der Waals surface area contributed by atoms with Crippen molar-refractivity contribution in [1.82, 2.24) is 15.6 Å². The third kappa shape index (κ3) is 5.05. The first kappa shape index (κ1) is 20.8. The lowest BCUT2D eigenvalue weighted by Gasteiger charge is -2.31. The Hall–Kier alpha value is -2.10. The molecule has 0 spiro atoms. The van der Waals surface area contributed by atoms with Crippen molar-refractivity contribution < 1.29 is 0 Å². The molecule has 1 fully saturated rings. The Morgan fingerprint density at radius 2 is 1.74 bits per heavy atom. The van der Waals surface area contributed by atoms with Gasteiger partial charge in [-0.15, -0.1) is 0 Å². The zero-order chi connectivity index (χ0) is 20.9. The first-order chi connectivity index (χ1) is 15.4. The Morgan fingerprint density at radius 1 is 0.871 bits per heavy atom. The lowest BCUT2D eigenvalue weighted by Crippen LogP contribution is -2.36. The lowest BCUT2D eigenvalue weighted by atomic mass is 9.89. The van der Waals surface area contributed by atoms with E-state index in [4.69, 9.17) is 0 Å². The number of hydrogen-bond donors (Lipinski definition) is 3. The summed E-state index contributed by atoms with van der Waals surface area (Å²) in [4.78, 5) is 3.79. The maximum absolute atomic E-state index is 4.01. The summed E-state index contributed by atoms with van der Waals surface area (Å²) in [5.41, 5.74) is 7.19. The van der Waals surface area contributed by atoms with Crippen LogP contribution in [0.2, 0.25) is 0 Å². The van der Waals surface area contributed by atoms with Gasteiger partial charge in [-0.1, -0.05) is 55.7 Å². The molecule has 2 aliphatic carbocycles. The molecule has 0 amide bonds. The quantitative estimate of drug-likeness (QED) is 0.384. The average Bonchev–Trinajstić information content (AvgIpc) is 3.19. The minimum atomic E-state index is 0.513. The molecule has 1 heterocycles. The fourth-order valence-electron chi connectivity index (χ4n) is 5.64. The van der Waals surface area contributed by atoms with E-state index in [1.807, 2.05) is 0 Å². The number of hydrogen-bond acceptors (Lipinski definition) is 2. The Kier molecular flexibility index (Phi) is 6.71. The van der Waals surface area contributed by atoms with Crippen molar-refractivity contribution >= 4 is 10.9 Å². The summed E-state index contributed by atoms with van der Waals surface area (Å²) >= 11 is 0. The minimum absolute atomic E-state index is 0.513. The largest absolute Gasteiger partial charge is 0.357 e. The fourth-order valence-corrected chi connectivity index (χ4v) is 5.64. The minimum Gasteiger partial charge on any atom is -0.357 e. The molecule has 3 heteroatoms. The standard InChI is InChI=1S/C28H37N3/c1-3-9-21(10-4-1)11-8-18-29-20-22-16-17-26-25(19-22)24-14-7-15-27(28(24)31-26)30-23-12-5-2-6-13-23/h1,3-4,9-10,16-17,19,23,27,29-31H,2,5-8,11-15,18,20H2. The Balaban J connectivity index is 1.20. The van der Waals surface area contributed by atoms with Crippen molar-refractivity contribution in [2.75, 3.05) is 6.54 Å². The molecule has 164 valence electrons. The van der Waals surface area contributed by atoms with Crippen LogP contribution in [0.25, 0.3) is 10.9 Å². The van der Waals surface area contributed by atoms with E-state index >= 15 is 0 Å². The van der Waals surface area contributed by atoms with Crippen molar-refractivity contribution in [1.29, 1.82) is 0 Å². The van der Waals surface area contributed by atoms with E-state index < -0.39 is 0 Å². The van der Waals surface area contributed by atoms with Crippen LogP contribution in [0.5, 0.6) is 0 Å². The van der Waals surface area contributed by atoms with E-state index in [9.17, 15) is 0 Å². The van der Waals surface area contributed by atoms with Crippen LogP contribution in [-0.4, -0.2) is 17.6 Å². The van der Waals surface area contributed by atoms with E-state index in [1.54, 1.807) is 5.56 Å². The molecule has 0 radical (unpaired) electrons. The first-order valence-electron chi connectivity index (χ1n) is 12.5. The lowest BCUT2D eigenvalue weighted by molar-refractivity contribution is 0.318. The SMILES string of the molecule is c1ccc(CCCNCc2ccc3[nH]c4c(c3c2)CCCC4NC2CCCCC2)cc1. The topological polar surface area (TPSA) is 39.9 Å². The molecule has 2 aliphatic rings. The molecule has 0 saturated heterocycles. The summed E-state index contributed by atoms with van der Waals surface area (Å²) in [6.07, 6.45) is 13.0. The normalized spacial score (nSPS) is 19.5. The van der Waals surface area contributed by atoms with E-state index in [1.165, 1.54) is 85.5 Å². The molecule has 0 bridgehead atoms. The molecule has 31 heavy (non-hydrogen) atoms. The van der Waals surface area contributed by atoms with Gasteiger partial charge in [0.1, 0.15) is 0 Å². The molecule has 1 aromatic heterocycles. The number of fused-ring (bicyclic) bond motifs is 3. The molecule has 3 nitrogen and oxygen atoms in total. The monoisotopic (exact) mass is 415 g/mol. The third-order valence-corrected chi connectivity index (χ3v) is 7.30. The second-order valence-electron chi connectivity index (χ2n) is 9.61. The summed E-state index contributed by atoms with van der Waals surface area (Å²) < 4.78 is 0. The van der Waals surface area contributed by atoms with Crippen molar-refractivity contribution in [3.8, 4) is 0 Å². The Labute approximate surface area is 187 Å². The highest BCUT2D eigenvalue weighted by molar-refractivity contribution is 5.85. The summed E-state index contributed by atoms with van der Waals surface area (Å²) in [7, 11) is 0. The number of nitrogens with one attached hydrogen (secondary N) is 3. The second-order valence-corrected chi connectivity index (χ2v) is 9.61. The predicted molar refractivity (Wildman–Crippen MR) is 130 cm³/mol. The highest BCUT2D eigenvalue weighted by atomic mass is 15.0. The van der Waals surface area contributed by atoms with Gasteiger partial charge in [-0.25, -0.2) is 0 Å². The van der Waals surface area contributed by atoms with E-state index in [-0.39, 0.29) is 0 Å². The van der Waals surface area contributed by atoms with Crippen molar-refractivity contribution in [3.63, 3.8) is 0 Å². The van der Waals surface area contributed by atoms with Gasteiger partial charge in [0.2, 0.25) is 0 Å². The summed E-state index contributed by atoms with van der Waals surface area (Å²) in [5.74, 6) is 0. The van der Waals surface area contributed by atoms with E-state index in [0.29, 0.717) is 12.1 Å². The van der Waals surface area contributed by atoms with Crippen LogP contribution < -0.4 is 10.6 Å². The number of aromatic amines is 1. The van der Waals surface area contributed by atoms with Gasteiger partial charge in [0.05, 0.1) is 0 Å². The molecular weight excluding hydrogens is 378 g/mol. The van der Waals surface area contributed by atoms with E-state index in [0.717, 1.165) is 19.5 Å². The number of aryl methyl sites for hydroxylation is 2. The van der Waals surface area contributed by atoms with Gasteiger partial charge in [-0.2, -0.15) is 0 Å². The van der Waals surface area contributed by atoms with Crippen LogP contribution in [-0.2, 0) is 19.4 Å². The fraction of sp³-hybridized carbons (Fsp3) is 0.500. The molecule has 3 N–H and O–H groups in total. The van der Waals surface area contributed by atoms with Crippen LogP contribution in [0.3, 0.4) is 0 Å². The van der Waals surface area contributed by atoms with Gasteiger partial charge >= 0.3 is 0 Å².